The molecule has 0 saturated carbocycles. The van der Waals surface area contributed by atoms with E-state index in [-0.39, 0.29) is 0 Å². The first-order valence-corrected chi connectivity index (χ1v) is 5.41. The monoisotopic (exact) mass is 302 g/mol. The maximum absolute atomic E-state index is 12.4. The average Bonchev–Trinajstić information content (AvgIpc) is 2.28. The number of halogens is 4. The molecule has 0 aliphatic rings. The highest BCUT2D eigenvalue weighted by Crippen LogP contribution is 2.30. The molecule has 0 aliphatic heterocycles. The fourth-order valence-electron chi connectivity index (χ4n) is 1.32. The van der Waals surface area contributed by atoms with Crippen LogP contribution in [-0.2, 0) is 6.18 Å². The SMILES string of the molecule is FC(F)(F)c1ccc(-c2cc(Br)ncn2)cc1. The smallest absolute Gasteiger partial charge is 0.236 e. The lowest BCUT2D eigenvalue weighted by Gasteiger charge is -2.07. The van der Waals surface area contributed by atoms with Crippen molar-refractivity contribution in [2.45, 2.75) is 6.18 Å². The van der Waals surface area contributed by atoms with Gasteiger partial charge in [-0.25, -0.2) is 9.97 Å². The first-order valence-electron chi connectivity index (χ1n) is 4.62. The van der Waals surface area contributed by atoms with Crippen LogP contribution < -0.4 is 0 Å². The summed E-state index contributed by atoms with van der Waals surface area (Å²) in [6, 6.07) is 6.48. The van der Waals surface area contributed by atoms with Crippen LogP contribution in [0.2, 0.25) is 0 Å². The number of hydrogen-bond acceptors (Lipinski definition) is 2. The van der Waals surface area contributed by atoms with Crippen LogP contribution in [0.15, 0.2) is 41.3 Å². The lowest BCUT2D eigenvalue weighted by molar-refractivity contribution is -0.137. The Labute approximate surface area is 104 Å². The third-order valence-electron chi connectivity index (χ3n) is 2.14. The van der Waals surface area contributed by atoms with E-state index in [2.05, 4.69) is 25.9 Å². The fourth-order valence-corrected chi connectivity index (χ4v) is 1.63. The minimum absolute atomic E-state index is 0.570. The molecule has 17 heavy (non-hydrogen) atoms. The third-order valence-corrected chi connectivity index (χ3v) is 2.58. The lowest BCUT2D eigenvalue weighted by Crippen LogP contribution is -2.04. The summed E-state index contributed by atoms with van der Waals surface area (Å²) in [5, 5.41) is 0. The van der Waals surface area contributed by atoms with E-state index in [1.165, 1.54) is 18.5 Å². The Kier molecular flexibility index (Phi) is 3.15. The number of benzene rings is 1. The van der Waals surface area contributed by atoms with Crippen molar-refractivity contribution in [3.05, 3.63) is 46.8 Å². The lowest BCUT2D eigenvalue weighted by atomic mass is 10.1. The maximum Gasteiger partial charge on any atom is 0.416 e. The highest BCUT2D eigenvalue weighted by molar-refractivity contribution is 9.10. The Morgan fingerprint density at radius 1 is 1.00 bits per heavy atom. The normalized spacial score (nSPS) is 11.5. The molecule has 6 heteroatoms. The first-order chi connectivity index (χ1) is 7.97. The fraction of sp³-hybridized carbons (Fsp3) is 0.0909. The highest BCUT2D eigenvalue weighted by Gasteiger charge is 2.29. The molecule has 1 heterocycles. The zero-order valence-electron chi connectivity index (χ0n) is 8.37. The minimum atomic E-state index is -4.31. The molecule has 0 saturated heterocycles. The Morgan fingerprint density at radius 2 is 1.65 bits per heavy atom. The summed E-state index contributed by atoms with van der Waals surface area (Å²) >= 11 is 3.17. The van der Waals surface area contributed by atoms with E-state index in [9.17, 15) is 13.2 Å². The van der Waals surface area contributed by atoms with Crippen molar-refractivity contribution in [2.75, 3.05) is 0 Å². The van der Waals surface area contributed by atoms with Crippen molar-refractivity contribution in [2.24, 2.45) is 0 Å². The molecule has 0 atom stereocenters. The molecule has 2 nitrogen and oxygen atoms in total. The molecule has 0 bridgehead atoms. The van der Waals surface area contributed by atoms with E-state index >= 15 is 0 Å². The van der Waals surface area contributed by atoms with E-state index in [0.717, 1.165) is 12.1 Å². The van der Waals surface area contributed by atoms with Gasteiger partial charge < -0.3 is 0 Å². The second-order valence-corrected chi connectivity index (χ2v) is 4.11. The number of nitrogens with zero attached hydrogens (tertiary/aromatic N) is 2. The molecule has 0 fully saturated rings. The molecular weight excluding hydrogens is 297 g/mol. The molecule has 2 rings (SSSR count). The topological polar surface area (TPSA) is 25.8 Å². The summed E-state index contributed by atoms with van der Waals surface area (Å²) in [7, 11) is 0. The van der Waals surface area contributed by atoms with Crippen molar-refractivity contribution in [3.63, 3.8) is 0 Å². The van der Waals surface area contributed by atoms with E-state index in [4.69, 9.17) is 0 Å². The molecule has 0 radical (unpaired) electrons. The van der Waals surface area contributed by atoms with Crippen molar-refractivity contribution >= 4 is 15.9 Å². The second kappa shape index (κ2) is 4.44. The van der Waals surface area contributed by atoms with Gasteiger partial charge in [0, 0.05) is 5.56 Å². The van der Waals surface area contributed by atoms with Gasteiger partial charge in [0.1, 0.15) is 10.9 Å². The van der Waals surface area contributed by atoms with Gasteiger partial charge in [0.05, 0.1) is 11.3 Å². The summed E-state index contributed by atoms with van der Waals surface area (Å²) in [5.41, 5.74) is 0.510. The van der Waals surface area contributed by atoms with Gasteiger partial charge in [-0.1, -0.05) is 12.1 Å². The zero-order chi connectivity index (χ0) is 12.5. The molecule has 88 valence electrons. The summed E-state index contributed by atoms with van der Waals surface area (Å²) < 4.78 is 37.6. The van der Waals surface area contributed by atoms with Crippen LogP contribution in [0.3, 0.4) is 0 Å². The van der Waals surface area contributed by atoms with Gasteiger partial charge in [-0.15, -0.1) is 0 Å². The summed E-state index contributed by atoms with van der Waals surface area (Å²) in [4.78, 5) is 7.83. The average molecular weight is 303 g/mol. The van der Waals surface area contributed by atoms with E-state index in [0.29, 0.717) is 15.9 Å². The van der Waals surface area contributed by atoms with Gasteiger partial charge in [-0.2, -0.15) is 13.2 Å². The standard InChI is InChI=1S/C11H6BrF3N2/c12-10-5-9(16-6-17-10)7-1-3-8(4-2-7)11(13,14)15/h1-6H. The van der Waals surface area contributed by atoms with E-state index < -0.39 is 11.7 Å². The van der Waals surface area contributed by atoms with Crippen LogP contribution in [-0.4, -0.2) is 9.97 Å². The van der Waals surface area contributed by atoms with Gasteiger partial charge in [0.25, 0.3) is 0 Å². The van der Waals surface area contributed by atoms with Crippen LogP contribution in [0, 0.1) is 0 Å². The van der Waals surface area contributed by atoms with Crippen LogP contribution in [0.25, 0.3) is 11.3 Å². The molecular formula is C11H6BrF3N2. The van der Waals surface area contributed by atoms with Gasteiger partial charge in [-0.3, -0.25) is 0 Å². The van der Waals surface area contributed by atoms with Gasteiger partial charge in [-0.05, 0) is 34.1 Å². The van der Waals surface area contributed by atoms with Gasteiger partial charge in [0.2, 0.25) is 0 Å². The number of rotatable bonds is 1. The molecule has 2 aromatic rings. The summed E-state index contributed by atoms with van der Waals surface area (Å²) in [6.07, 6.45) is -2.97. The number of alkyl halides is 3. The van der Waals surface area contributed by atoms with E-state index in [1.54, 1.807) is 6.07 Å². The Morgan fingerprint density at radius 3 is 2.18 bits per heavy atom. The Bertz CT molecular complexity index is 523. The maximum atomic E-state index is 12.4. The Balaban J connectivity index is 2.36. The van der Waals surface area contributed by atoms with Crippen LogP contribution in [0.1, 0.15) is 5.56 Å². The molecule has 0 unspecified atom stereocenters. The zero-order valence-corrected chi connectivity index (χ0v) is 9.96. The predicted octanol–water partition coefficient (Wildman–Crippen LogP) is 3.92. The van der Waals surface area contributed by atoms with Crippen molar-refractivity contribution in [1.82, 2.24) is 9.97 Å². The quantitative estimate of drug-likeness (QED) is 0.746. The first kappa shape index (κ1) is 12.0. The molecule has 0 spiro atoms. The van der Waals surface area contributed by atoms with E-state index in [1.807, 2.05) is 0 Å². The number of hydrogen-bond donors (Lipinski definition) is 0. The van der Waals surface area contributed by atoms with Crippen molar-refractivity contribution < 1.29 is 13.2 Å². The second-order valence-electron chi connectivity index (χ2n) is 3.30. The predicted molar refractivity (Wildman–Crippen MR) is 60.2 cm³/mol. The third kappa shape index (κ3) is 2.82. The molecule has 0 aliphatic carbocycles. The molecule has 1 aromatic heterocycles. The van der Waals surface area contributed by atoms with Crippen molar-refractivity contribution in [1.29, 1.82) is 0 Å². The molecule has 1 aromatic carbocycles. The summed E-state index contributed by atoms with van der Waals surface area (Å²) in [6.45, 7) is 0. The van der Waals surface area contributed by atoms with Crippen LogP contribution >= 0.6 is 15.9 Å². The summed E-state index contributed by atoms with van der Waals surface area (Å²) in [5.74, 6) is 0. The minimum Gasteiger partial charge on any atom is -0.236 e. The van der Waals surface area contributed by atoms with Gasteiger partial charge in [0.15, 0.2) is 0 Å². The van der Waals surface area contributed by atoms with Crippen LogP contribution in [0.4, 0.5) is 13.2 Å². The molecule has 0 N–H and O–H groups in total. The Hall–Kier alpha value is -1.43. The van der Waals surface area contributed by atoms with Crippen molar-refractivity contribution in [3.8, 4) is 11.3 Å². The number of aromatic nitrogens is 2. The molecule has 0 amide bonds. The highest BCUT2D eigenvalue weighted by atomic mass is 79.9. The largest absolute Gasteiger partial charge is 0.416 e. The van der Waals surface area contributed by atoms with Crippen LogP contribution in [0.5, 0.6) is 0 Å². The van der Waals surface area contributed by atoms with Gasteiger partial charge >= 0.3 is 6.18 Å².